The zero-order valence-electron chi connectivity index (χ0n) is 48.7. The molecule has 20 rings (SSSR count). The Morgan fingerprint density at radius 2 is 0.356 bits per heavy atom. The van der Waals surface area contributed by atoms with Gasteiger partial charge >= 0.3 is 0 Å². The topological polar surface area (TPSA) is 29.6 Å². The van der Waals surface area contributed by atoms with Crippen molar-refractivity contribution in [3.05, 3.63) is 315 Å². The predicted molar refractivity (Wildman–Crippen MR) is 378 cm³/mol. The molecular formula is C84H52N6. The van der Waals surface area contributed by atoms with Crippen LogP contribution >= 0.6 is 0 Å². The summed E-state index contributed by atoms with van der Waals surface area (Å²) in [5, 5.41) is 14.7. The first-order valence-corrected chi connectivity index (χ1v) is 31.0. The average molecular weight is 1150 g/mol. The van der Waals surface area contributed by atoms with Crippen molar-refractivity contribution in [3.63, 3.8) is 0 Å². The number of para-hydroxylation sites is 10. The van der Waals surface area contributed by atoms with Crippen LogP contribution in [-0.2, 0) is 0 Å². The molecule has 20 aromatic rings. The van der Waals surface area contributed by atoms with Crippen molar-refractivity contribution in [1.82, 2.24) is 27.4 Å². The number of hydrogen-bond acceptors (Lipinski definition) is 0. The van der Waals surface area contributed by atoms with Gasteiger partial charge in [-0.2, -0.15) is 0 Å². The number of nitrogens with zero attached hydrogens (tertiary/aromatic N) is 6. The number of fused-ring (bicyclic) bond motifs is 24. The van der Waals surface area contributed by atoms with Crippen molar-refractivity contribution in [1.29, 1.82) is 0 Å². The van der Waals surface area contributed by atoms with Crippen LogP contribution in [0.4, 0.5) is 0 Å². The Balaban J connectivity index is 0.858. The fraction of sp³-hybridized carbons (Fsp3) is 0. The summed E-state index contributed by atoms with van der Waals surface area (Å²) in [6, 6.07) is 116. The Morgan fingerprint density at radius 3 is 0.622 bits per heavy atom. The zero-order valence-corrected chi connectivity index (χ0v) is 48.7. The molecule has 6 aromatic heterocycles. The second-order valence-corrected chi connectivity index (χ2v) is 23.9. The van der Waals surface area contributed by atoms with Gasteiger partial charge in [-0.15, -0.1) is 0 Å². The van der Waals surface area contributed by atoms with E-state index in [4.69, 9.17) is 0 Å². The lowest BCUT2D eigenvalue weighted by molar-refractivity contribution is 1.17. The van der Waals surface area contributed by atoms with Crippen LogP contribution in [0.3, 0.4) is 0 Å². The van der Waals surface area contributed by atoms with E-state index in [0.717, 1.165) is 56.3 Å². The molecule has 0 fully saturated rings. The zero-order chi connectivity index (χ0) is 58.7. The first-order chi connectivity index (χ1) is 44.8. The lowest BCUT2D eigenvalue weighted by atomic mass is 10.0. The summed E-state index contributed by atoms with van der Waals surface area (Å²) in [6.45, 7) is 0. The van der Waals surface area contributed by atoms with Gasteiger partial charge in [0.2, 0.25) is 0 Å². The molecule has 6 heterocycles. The van der Waals surface area contributed by atoms with Crippen molar-refractivity contribution >= 4 is 131 Å². The van der Waals surface area contributed by atoms with E-state index >= 15 is 0 Å². The summed E-state index contributed by atoms with van der Waals surface area (Å²) >= 11 is 0. The summed E-state index contributed by atoms with van der Waals surface area (Å²) in [4.78, 5) is 0. The highest BCUT2D eigenvalue weighted by Gasteiger charge is 2.31. The van der Waals surface area contributed by atoms with Crippen LogP contribution in [0.25, 0.3) is 176 Å². The van der Waals surface area contributed by atoms with Gasteiger partial charge in [-0.3, -0.25) is 0 Å². The van der Waals surface area contributed by atoms with Crippen LogP contribution in [0.1, 0.15) is 0 Å². The molecule has 0 saturated heterocycles. The van der Waals surface area contributed by atoms with E-state index in [2.05, 4.69) is 343 Å². The van der Waals surface area contributed by atoms with Crippen molar-refractivity contribution in [2.75, 3.05) is 0 Å². The van der Waals surface area contributed by atoms with Gasteiger partial charge in [0.15, 0.2) is 0 Å². The molecule has 418 valence electrons. The van der Waals surface area contributed by atoms with E-state index in [9.17, 15) is 0 Å². The van der Waals surface area contributed by atoms with Gasteiger partial charge < -0.3 is 27.4 Å². The molecule has 0 aliphatic rings. The molecule has 0 unspecified atom stereocenters. The minimum atomic E-state index is 1.10. The van der Waals surface area contributed by atoms with Gasteiger partial charge in [0.1, 0.15) is 0 Å². The molecule has 0 N–H and O–H groups in total. The van der Waals surface area contributed by atoms with Crippen LogP contribution in [0.5, 0.6) is 0 Å². The predicted octanol–water partition coefficient (Wildman–Crippen LogP) is 21.9. The van der Waals surface area contributed by atoms with E-state index in [1.54, 1.807) is 0 Å². The maximum Gasteiger partial charge on any atom is 0.0663 e. The summed E-state index contributed by atoms with van der Waals surface area (Å²) in [6.07, 6.45) is 0. The Labute approximate surface area is 516 Å². The third-order valence-corrected chi connectivity index (χ3v) is 19.3. The summed E-state index contributed by atoms with van der Waals surface area (Å²) in [5.41, 5.74) is 23.1. The number of rotatable bonds is 7. The first-order valence-electron chi connectivity index (χ1n) is 31.0. The van der Waals surface area contributed by atoms with Crippen LogP contribution in [-0.4, -0.2) is 27.4 Å². The van der Waals surface area contributed by atoms with Crippen molar-refractivity contribution in [2.24, 2.45) is 0 Å². The maximum atomic E-state index is 2.56. The third kappa shape index (κ3) is 6.60. The molecular weight excluding hydrogens is 1090 g/mol. The van der Waals surface area contributed by atoms with Gasteiger partial charge in [-0.05, 0) is 120 Å². The number of benzene rings is 14. The summed E-state index contributed by atoms with van der Waals surface area (Å²) in [5.74, 6) is 0. The maximum absolute atomic E-state index is 2.56. The second kappa shape index (κ2) is 18.7. The van der Waals surface area contributed by atoms with Crippen molar-refractivity contribution < 1.29 is 0 Å². The lowest BCUT2D eigenvalue weighted by Crippen LogP contribution is -1.98. The summed E-state index contributed by atoms with van der Waals surface area (Å²) in [7, 11) is 0. The Bertz CT molecular complexity index is 6210. The molecule has 0 atom stereocenters. The monoisotopic (exact) mass is 1140 g/mol. The van der Waals surface area contributed by atoms with Gasteiger partial charge in [0.25, 0.3) is 0 Å². The van der Waals surface area contributed by atoms with E-state index in [0.29, 0.717) is 0 Å². The van der Waals surface area contributed by atoms with Crippen LogP contribution in [0.15, 0.2) is 315 Å². The van der Waals surface area contributed by atoms with E-state index < -0.39 is 0 Å². The largest absolute Gasteiger partial charge is 0.308 e. The highest BCUT2D eigenvalue weighted by atomic mass is 15.1. The molecule has 0 aliphatic carbocycles. The van der Waals surface area contributed by atoms with E-state index in [1.165, 1.54) is 120 Å². The Kier molecular flexibility index (Phi) is 10.2. The van der Waals surface area contributed by atoms with Gasteiger partial charge in [0, 0.05) is 98.8 Å². The lowest BCUT2D eigenvalue weighted by Gasteiger charge is -2.15. The molecule has 0 saturated carbocycles. The van der Waals surface area contributed by atoms with Crippen molar-refractivity contribution in [3.8, 4) is 45.3 Å². The highest BCUT2D eigenvalue weighted by molar-refractivity contribution is 6.42. The van der Waals surface area contributed by atoms with Crippen LogP contribution in [0, 0.1) is 0 Å². The van der Waals surface area contributed by atoms with E-state index in [1.807, 2.05) is 0 Å². The van der Waals surface area contributed by atoms with Crippen molar-refractivity contribution in [2.45, 2.75) is 0 Å². The fourth-order valence-electron chi connectivity index (χ4n) is 15.8. The van der Waals surface area contributed by atoms with Crippen LogP contribution < -0.4 is 0 Å². The number of aromatic nitrogens is 6. The molecule has 0 radical (unpaired) electrons. The molecule has 0 bridgehead atoms. The standard InChI is InChI=1S/C84H52N6/c1-5-27-55(28-6-1)85-67-42-19-13-36-61(67)73-79-75(63-38-15-21-44-69(63)86(79)56-29-7-2-8-30-56)83-76(80(73)85)65-40-17-23-46-71(65)89(83)59-50-48-53(49-51-59)54-26-25-35-60(52-54)90-72-47-24-18-41-66(72)78-82-74(62-37-14-20-43-68(62)87(82)57-31-9-3-10-32-57)81-77(84(78)90)64-39-16-22-45-70(64)88(81)58-33-11-4-12-34-58/h1-52H. The first kappa shape index (κ1) is 49.0. The molecule has 0 spiro atoms. The summed E-state index contributed by atoms with van der Waals surface area (Å²) < 4.78 is 15.2. The fourth-order valence-corrected chi connectivity index (χ4v) is 15.8. The second-order valence-electron chi connectivity index (χ2n) is 23.9. The SMILES string of the molecule is c1ccc(-n2c3ccccc3c3c2c2c4ccccc4n(-c4ccc(-c5cccc(-n6c7ccccc7c7c8c(c9ccccc9n8-c8ccccc8)c8c(c9ccccc9n8-c8ccccc8)c76)c5)cc4)c2c2c4ccccc4n(-c4ccccc4)c32)cc1. The minimum absolute atomic E-state index is 1.10. The molecule has 90 heavy (non-hydrogen) atoms. The Morgan fingerprint density at radius 1 is 0.144 bits per heavy atom. The Hall–Kier alpha value is -12.1. The highest BCUT2D eigenvalue weighted by Crippen LogP contribution is 2.53. The van der Waals surface area contributed by atoms with Gasteiger partial charge in [0.05, 0.1) is 66.2 Å². The quantitative estimate of drug-likeness (QED) is 0.152. The van der Waals surface area contributed by atoms with Gasteiger partial charge in [-0.1, -0.05) is 206 Å². The molecule has 6 nitrogen and oxygen atoms in total. The van der Waals surface area contributed by atoms with E-state index in [-0.39, 0.29) is 0 Å². The van der Waals surface area contributed by atoms with Crippen LogP contribution in [0.2, 0.25) is 0 Å². The van der Waals surface area contributed by atoms with Gasteiger partial charge in [-0.25, -0.2) is 0 Å². The molecule has 0 aliphatic heterocycles. The molecule has 6 heteroatoms. The third-order valence-electron chi connectivity index (χ3n) is 19.3. The smallest absolute Gasteiger partial charge is 0.0663 e. The normalized spacial score (nSPS) is 12.2. The molecule has 0 amide bonds. The molecule has 14 aromatic carbocycles. The minimum Gasteiger partial charge on any atom is -0.308 e. The number of hydrogen-bond donors (Lipinski definition) is 0. The average Bonchev–Trinajstić information content (AvgIpc) is 1.52.